The van der Waals surface area contributed by atoms with Crippen molar-refractivity contribution < 1.29 is 0 Å². The van der Waals surface area contributed by atoms with E-state index in [1.165, 1.54) is 70.6 Å². The Balaban J connectivity index is 1.40. The lowest BCUT2D eigenvalue weighted by atomic mass is 9.81. The smallest absolute Gasteiger partial charge is 0.0108 e. The molecule has 0 radical (unpaired) electrons. The summed E-state index contributed by atoms with van der Waals surface area (Å²) < 4.78 is 0. The van der Waals surface area contributed by atoms with E-state index < -0.39 is 0 Å². The SMILES string of the molecule is C1=C(CC2=CC3CCCCC3C2)CC2CCCCC12. The van der Waals surface area contributed by atoms with E-state index in [2.05, 4.69) is 12.2 Å². The molecular weight excluding hydrogens is 228 g/mol. The van der Waals surface area contributed by atoms with Crippen molar-refractivity contribution in [1.29, 1.82) is 0 Å². The Labute approximate surface area is 118 Å². The standard InChI is InChI=1S/C19H28/c1-2-6-17-11-14(10-16(17)5-1)9-15-12-18-7-3-4-8-19(18)13-15/h10,12,16-19H,1-9,11,13H2. The van der Waals surface area contributed by atoms with Gasteiger partial charge in [0, 0.05) is 0 Å². The molecule has 0 aromatic heterocycles. The van der Waals surface area contributed by atoms with E-state index in [1.54, 1.807) is 0 Å². The quantitative estimate of drug-likeness (QED) is 0.560. The first kappa shape index (κ1) is 12.2. The second-order valence-electron chi connectivity index (χ2n) is 7.65. The molecule has 0 aliphatic heterocycles. The second-order valence-corrected chi connectivity index (χ2v) is 7.65. The minimum atomic E-state index is 0.966. The van der Waals surface area contributed by atoms with Crippen LogP contribution in [0.4, 0.5) is 0 Å². The Bertz CT molecular complexity index is 362. The third kappa shape index (κ3) is 2.43. The molecule has 0 saturated heterocycles. The zero-order valence-electron chi connectivity index (χ0n) is 12.2. The van der Waals surface area contributed by atoms with Gasteiger partial charge in [0.2, 0.25) is 0 Å². The lowest BCUT2D eigenvalue weighted by Crippen LogP contribution is -2.13. The van der Waals surface area contributed by atoms with Crippen molar-refractivity contribution in [1.82, 2.24) is 0 Å². The molecule has 0 nitrogen and oxygen atoms in total. The topological polar surface area (TPSA) is 0 Å². The van der Waals surface area contributed by atoms with Crippen molar-refractivity contribution in [2.75, 3.05) is 0 Å². The highest BCUT2D eigenvalue weighted by Crippen LogP contribution is 2.46. The van der Waals surface area contributed by atoms with Crippen LogP contribution in [0.15, 0.2) is 23.3 Å². The van der Waals surface area contributed by atoms with Gasteiger partial charge in [-0.2, -0.15) is 0 Å². The molecule has 0 amide bonds. The molecule has 4 atom stereocenters. The first-order chi connectivity index (χ1) is 9.38. The first-order valence-electron chi connectivity index (χ1n) is 8.77. The molecule has 0 bridgehead atoms. The average Bonchev–Trinajstić information content (AvgIpc) is 3.00. The Morgan fingerprint density at radius 1 is 0.684 bits per heavy atom. The van der Waals surface area contributed by atoms with Crippen LogP contribution in [0.5, 0.6) is 0 Å². The van der Waals surface area contributed by atoms with E-state index in [9.17, 15) is 0 Å². The molecular formula is C19H28. The van der Waals surface area contributed by atoms with Gasteiger partial charge < -0.3 is 0 Å². The highest BCUT2D eigenvalue weighted by Gasteiger charge is 2.32. The zero-order valence-corrected chi connectivity index (χ0v) is 12.2. The summed E-state index contributed by atoms with van der Waals surface area (Å²) in [5.74, 6) is 4.00. The predicted octanol–water partition coefficient (Wildman–Crippen LogP) is 5.65. The van der Waals surface area contributed by atoms with Gasteiger partial charge in [-0.25, -0.2) is 0 Å². The molecule has 0 aromatic carbocycles. The van der Waals surface area contributed by atoms with Gasteiger partial charge in [-0.3, -0.25) is 0 Å². The molecule has 2 saturated carbocycles. The number of allylic oxidation sites excluding steroid dienone is 4. The van der Waals surface area contributed by atoms with Crippen molar-refractivity contribution in [2.45, 2.75) is 70.6 Å². The van der Waals surface area contributed by atoms with E-state index in [-0.39, 0.29) is 0 Å². The molecule has 4 rings (SSSR count). The molecule has 4 aliphatic carbocycles. The van der Waals surface area contributed by atoms with E-state index in [4.69, 9.17) is 0 Å². The summed E-state index contributed by atoms with van der Waals surface area (Å²) in [7, 11) is 0. The van der Waals surface area contributed by atoms with Crippen LogP contribution in [-0.4, -0.2) is 0 Å². The van der Waals surface area contributed by atoms with Crippen molar-refractivity contribution >= 4 is 0 Å². The van der Waals surface area contributed by atoms with Gasteiger partial charge in [0.25, 0.3) is 0 Å². The zero-order chi connectivity index (χ0) is 12.7. The van der Waals surface area contributed by atoms with Crippen LogP contribution in [0.1, 0.15) is 70.6 Å². The van der Waals surface area contributed by atoms with Gasteiger partial charge in [-0.1, -0.05) is 49.0 Å². The average molecular weight is 256 g/mol. The summed E-state index contributed by atoms with van der Waals surface area (Å²) in [6.45, 7) is 0. The van der Waals surface area contributed by atoms with Gasteiger partial charge in [-0.05, 0) is 68.6 Å². The summed E-state index contributed by atoms with van der Waals surface area (Å²) in [6, 6.07) is 0. The maximum absolute atomic E-state index is 2.69. The van der Waals surface area contributed by atoms with Gasteiger partial charge in [0.15, 0.2) is 0 Å². The highest BCUT2D eigenvalue weighted by atomic mass is 14.4. The van der Waals surface area contributed by atoms with Gasteiger partial charge >= 0.3 is 0 Å². The fourth-order valence-electron chi connectivity index (χ4n) is 5.39. The van der Waals surface area contributed by atoms with Crippen molar-refractivity contribution in [3.05, 3.63) is 23.3 Å². The van der Waals surface area contributed by atoms with Crippen LogP contribution in [-0.2, 0) is 0 Å². The van der Waals surface area contributed by atoms with Crippen LogP contribution >= 0.6 is 0 Å². The van der Waals surface area contributed by atoms with Crippen LogP contribution in [0.25, 0.3) is 0 Å². The fraction of sp³-hybridized carbons (Fsp3) is 0.789. The van der Waals surface area contributed by atoms with E-state index in [1.807, 2.05) is 11.1 Å². The predicted molar refractivity (Wildman–Crippen MR) is 80.9 cm³/mol. The second kappa shape index (κ2) is 5.11. The molecule has 0 heteroatoms. The maximum atomic E-state index is 2.69. The minimum Gasteiger partial charge on any atom is -0.0816 e. The lowest BCUT2D eigenvalue weighted by molar-refractivity contribution is 0.301. The summed E-state index contributed by atoms with van der Waals surface area (Å²) in [4.78, 5) is 0. The molecule has 19 heavy (non-hydrogen) atoms. The number of fused-ring (bicyclic) bond motifs is 2. The molecule has 4 aliphatic rings. The summed E-state index contributed by atoms with van der Waals surface area (Å²) in [6.07, 6.45) is 21.6. The van der Waals surface area contributed by atoms with Crippen molar-refractivity contribution in [3.63, 3.8) is 0 Å². The molecule has 4 unspecified atom stereocenters. The largest absolute Gasteiger partial charge is 0.0816 e. The molecule has 0 aromatic rings. The van der Waals surface area contributed by atoms with Crippen LogP contribution in [0.2, 0.25) is 0 Å². The third-order valence-corrected chi connectivity index (χ3v) is 6.34. The van der Waals surface area contributed by atoms with Crippen LogP contribution < -0.4 is 0 Å². The van der Waals surface area contributed by atoms with Crippen LogP contribution in [0, 0.1) is 23.7 Å². The first-order valence-corrected chi connectivity index (χ1v) is 8.77. The number of rotatable bonds is 2. The fourth-order valence-corrected chi connectivity index (χ4v) is 5.39. The Morgan fingerprint density at radius 3 is 1.63 bits per heavy atom. The molecule has 0 spiro atoms. The summed E-state index contributed by atoms with van der Waals surface area (Å²) >= 11 is 0. The Kier molecular flexibility index (Phi) is 3.29. The maximum Gasteiger partial charge on any atom is -0.0108 e. The molecule has 104 valence electrons. The van der Waals surface area contributed by atoms with E-state index in [0.29, 0.717) is 0 Å². The minimum absolute atomic E-state index is 0.966. The van der Waals surface area contributed by atoms with Gasteiger partial charge in [-0.15, -0.1) is 0 Å². The molecule has 0 heterocycles. The summed E-state index contributed by atoms with van der Waals surface area (Å²) in [5, 5.41) is 0. The van der Waals surface area contributed by atoms with Crippen molar-refractivity contribution in [3.8, 4) is 0 Å². The monoisotopic (exact) mass is 256 g/mol. The Morgan fingerprint density at radius 2 is 1.16 bits per heavy atom. The van der Waals surface area contributed by atoms with Crippen molar-refractivity contribution in [2.24, 2.45) is 23.7 Å². The lowest BCUT2D eigenvalue weighted by Gasteiger charge is -2.24. The van der Waals surface area contributed by atoms with Gasteiger partial charge in [0.05, 0.1) is 0 Å². The normalized spacial score (nSPS) is 41.5. The summed E-state index contributed by atoms with van der Waals surface area (Å²) in [5.41, 5.74) is 3.61. The highest BCUT2D eigenvalue weighted by molar-refractivity contribution is 5.25. The van der Waals surface area contributed by atoms with Gasteiger partial charge in [0.1, 0.15) is 0 Å². The van der Waals surface area contributed by atoms with Crippen LogP contribution in [0.3, 0.4) is 0 Å². The molecule has 2 fully saturated rings. The van der Waals surface area contributed by atoms with E-state index in [0.717, 1.165) is 23.7 Å². The Hall–Kier alpha value is -0.520. The number of hydrogen-bond donors (Lipinski definition) is 0. The van der Waals surface area contributed by atoms with E-state index >= 15 is 0 Å². The number of hydrogen-bond acceptors (Lipinski definition) is 0. The molecule has 0 N–H and O–H groups in total. The third-order valence-electron chi connectivity index (χ3n) is 6.34.